The van der Waals surface area contributed by atoms with Crippen LogP contribution >= 0.6 is 0 Å². The van der Waals surface area contributed by atoms with Gasteiger partial charge in [0.15, 0.2) is 6.61 Å². The van der Waals surface area contributed by atoms with Crippen molar-refractivity contribution in [2.45, 2.75) is 39.2 Å². The first kappa shape index (κ1) is 21.3. The molecule has 1 aromatic heterocycles. The summed E-state index contributed by atoms with van der Waals surface area (Å²) >= 11 is 0. The number of nitrogens with one attached hydrogen (secondary N) is 1. The molecule has 1 N–H and O–H groups in total. The molecule has 1 aliphatic carbocycles. The molecule has 7 heteroatoms. The molecule has 0 bridgehead atoms. The first-order chi connectivity index (χ1) is 14.4. The maximum absolute atomic E-state index is 12.9. The highest BCUT2D eigenvalue weighted by Gasteiger charge is 2.27. The molecule has 3 rings (SSSR count). The van der Waals surface area contributed by atoms with E-state index >= 15 is 0 Å². The summed E-state index contributed by atoms with van der Waals surface area (Å²) in [7, 11) is 0. The van der Waals surface area contributed by atoms with Gasteiger partial charge in [0.1, 0.15) is 17.5 Å². The molecule has 0 radical (unpaired) electrons. The zero-order chi connectivity index (χ0) is 21.7. The van der Waals surface area contributed by atoms with Gasteiger partial charge in [-0.3, -0.25) is 4.79 Å². The predicted molar refractivity (Wildman–Crippen MR) is 110 cm³/mol. The van der Waals surface area contributed by atoms with Crippen molar-refractivity contribution in [1.29, 1.82) is 5.26 Å². The van der Waals surface area contributed by atoms with Gasteiger partial charge in [-0.2, -0.15) is 5.26 Å². The Kier molecular flexibility index (Phi) is 6.68. The maximum atomic E-state index is 12.9. The van der Waals surface area contributed by atoms with E-state index in [1.54, 1.807) is 12.1 Å². The Labute approximate surface area is 175 Å². The standard InChI is InChI=1S/C23H24FN3O3/c1-15-11-18(16(2)27(15)21-7-8-21)12-19(13-25)23(29)30-14-22(28)26-10-9-17-3-5-20(24)6-4-17/h3-6,11-12,21H,7-10,14H2,1-2H3,(H,26,28)/b19-12+. The molecular weight excluding hydrogens is 385 g/mol. The Balaban J connectivity index is 1.51. The molecule has 1 aromatic carbocycles. The molecule has 156 valence electrons. The molecule has 1 fully saturated rings. The summed E-state index contributed by atoms with van der Waals surface area (Å²) in [5.74, 6) is -1.61. The highest BCUT2D eigenvalue weighted by molar-refractivity contribution is 5.99. The van der Waals surface area contributed by atoms with Gasteiger partial charge < -0.3 is 14.6 Å². The van der Waals surface area contributed by atoms with Crippen LogP contribution in [0.3, 0.4) is 0 Å². The van der Waals surface area contributed by atoms with Crippen molar-refractivity contribution in [3.8, 4) is 6.07 Å². The van der Waals surface area contributed by atoms with E-state index in [1.807, 2.05) is 26.0 Å². The third-order valence-corrected chi connectivity index (χ3v) is 5.06. The van der Waals surface area contributed by atoms with Gasteiger partial charge in [0, 0.05) is 24.0 Å². The van der Waals surface area contributed by atoms with Crippen molar-refractivity contribution in [3.63, 3.8) is 0 Å². The van der Waals surface area contributed by atoms with E-state index in [2.05, 4.69) is 9.88 Å². The Morgan fingerprint density at radius 3 is 2.63 bits per heavy atom. The second-order valence-electron chi connectivity index (χ2n) is 7.40. The molecule has 1 heterocycles. The highest BCUT2D eigenvalue weighted by atomic mass is 19.1. The number of hydrogen-bond acceptors (Lipinski definition) is 4. The number of hydrogen-bond donors (Lipinski definition) is 1. The number of aromatic nitrogens is 1. The van der Waals surface area contributed by atoms with Crippen LogP contribution < -0.4 is 5.32 Å². The molecule has 1 saturated carbocycles. The van der Waals surface area contributed by atoms with E-state index in [1.165, 1.54) is 18.2 Å². The molecule has 0 aliphatic heterocycles. The van der Waals surface area contributed by atoms with E-state index < -0.39 is 18.5 Å². The van der Waals surface area contributed by atoms with E-state index in [0.717, 1.165) is 35.4 Å². The number of nitrogens with zero attached hydrogens (tertiary/aromatic N) is 2. The fourth-order valence-corrected chi connectivity index (χ4v) is 3.39. The van der Waals surface area contributed by atoms with Crippen LogP contribution in [0.4, 0.5) is 4.39 Å². The van der Waals surface area contributed by atoms with E-state index in [9.17, 15) is 19.2 Å². The second kappa shape index (κ2) is 9.40. The van der Waals surface area contributed by atoms with Crippen LogP contribution in [0.2, 0.25) is 0 Å². The Hall–Kier alpha value is -3.40. The van der Waals surface area contributed by atoms with Crippen molar-refractivity contribution in [1.82, 2.24) is 9.88 Å². The normalized spacial score (nSPS) is 13.6. The van der Waals surface area contributed by atoms with Gasteiger partial charge in [-0.25, -0.2) is 9.18 Å². The third kappa shape index (κ3) is 5.35. The summed E-state index contributed by atoms with van der Waals surface area (Å²) in [6, 6.07) is 10.3. The van der Waals surface area contributed by atoms with Crippen LogP contribution in [0, 0.1) is 31.0 Å². The molecule has 0 spiro atoms. The Morgan fingerprint density at radius 1 is 1.30 bits per heavy atom. The smallest absolute Gasteiger partial charge is 0.349 e. The SMILES string of the molecule is Cc1cc(/C=C(\C#N)C(=O)OCC(=O)NCCc2ccc(F)cc2)c(C)n1C1CC1. The number of rotatable bonds is 8. The van der Waals surface area contributed by atoms with Crippen molar-refractivity contribution in [3.05, 3.63) is 64.2 Å². The Morgan fingerprint density at radius 2 is 2.00 bits per heavy atom. The number of halogens is 1. The molecule has 1 aliphatic rings. The number of esters is 1. The largest absolute Gasteiger partial charge is 0.451 e. The molecule has 6 nitrogen and oxygen atoms in total. The van der Waals surface area contributed by atoms with Crippen molar-refractivity contribution >= 4 is 18.0 Å². The molecule has 30 heavy (non-hydrogen) atoms. The summed E-state index contributed by atoms with van der Waals surface area (Å²) in [6.45, 7) is 3.83. The number of ether oxygens (including phenoxy) is 1. The zero-order valence-electron chi connectivity index (χ0n) is 17.1. The van der Waals surface area contributed by atoms with E-state index in [-0.39, 0.29) is 11.4 Å². The topological polar surface area (TPSA) is 84.1 Å². The lowest BCUT2D eigenvalue weighted by molar-refractivity contribution is -0.144. The van der Waals surface area contributed by atoms with Crippen molar-refractivity contribution < 1.29 is 18.7 Å². The quantitative estimate of drug-likeness (QED) is 0.412. The van der Waals surface area contributed by atoms with Gasteiger partial charge in [0.05, 0.1) is 0 Å². The van der Waals surface area contributed by atoms with Crippen LogP contribution in [-0.4, -0.2) is 29.6 Å². The monoisotopic (exact) mass is 409 g/mol. The minimum absolute atomic E-state index is 0.148. The van der Waals surface area contributed by atoms with Crippen LogP contribution in [0.5, 0.6) is 0 Å². The lowest BCUT2D eigenvalue weighted by atomic mass is 10.1. The van der Waals surface area contributed by atoms with E-state index in [4.69, 9.17) is 4.74 Å². The summed E-state index contributed by atoms with van der Waals surface area (Å²) in [5, 5.41) is 12.0. The van der Waals surface area contributed by atoms with Gasteiger partial charge in [-0.15, -0.1) is 0 Å². The van der Waals surface area contributed by atoms with Crippen molar-refractivity contribution in [2.24, 2.45) is 0 Å². The Bertz CT molecular complexity index is 1010. The van der Waals surface area contributed by atoms with Crippen LogP contribution in [-0.2, 0) is 20.7 Å². The summed E-state index contributed by atoms with van der Waals surface area (Å²) < 4.78 is 20.1. The maximum Gasteiger partial charge on any atom is 0.349 e. The number of aryl methyl sites for hydroxylation is 1. The second-order valence-corrected chi connectivity index (χ2v) is 7.40. The van der Waals surface area contributed by atoms with Crippen LogP contribution in [0.15, 0.2) is 35.9 Å². The van der Waals surface area contributed by atoms with Crippen LogP contribution in [0.1, 0.15) is 41.4 Å². The number of benzene rings is 1. The third-order valence-electron chi connectivity index (χ3n) is 5.06. The fraction of sp³-hybridized carbons (Fsp3) is 0.348. The minimum Gasteiger partial charge on any atom is -0.451 e. The average molecular weight is 409 g/mol. The average Bonchev–Trinajstić information content (AvgIpc) is 3.51. The molecule has 1 amide bonds. The first-order valence-electron chi connectivity index (χ1n) is 9.87. The lowest BCUT2D eigenvalue weighted by Crippen LogP contribution is -2.30. The van der Waals surface area contributed by atoms with Crippen molar-refractivity contribution in [2.75, 3.05) is 13.2 Å². The lowest BCUT2D eigenvalue weighted by Gasteiger charge is -2.07. The summed E-state index contributed by atoms with van der Waals surface area (Å²) in [6.07, 6.45) is 4.32. The zero-order valence-corrected chi connectivity index (χ0v) is 17.1. The molecule has 0 saturated heterocycles. The number of nitriles is 1. The molecule has 0 unspecified atom stereocenters. The fourth-order valence-electron chi connectivity index (χ4n) is 3.39. The number of amides is 1. The highest BCUT2D eigenvalue weighted by Crippen LogP contribution is 2.38. The molecule has 2 aromatic rings. The van der Waals surface area contributed by atoms with Gasteiger partial charge in [-0.1, -0.05) is 12.1 Å². The van der Waals surface area contributed by atoms with E-state index in [0.29, 0.717) is 19.0 Å². The predicted octanol–water partition coefficient (Wildman–Crippen LogP) is 3.39. The van der Waals surface area contributed by atoms with Crippen LogP contribution in [0.25, 0.3) is 6.08 Å². The number of carbonyl (C=O) groups excluding carboxylic acids is 2. The van der Waals surface area contributed by atoms with Gasteiger partial charge in [0.2, 0.25) is 0 Å². The number of carbonyl (C=O) groups is 2. The summed E-state index contributed by atoms with van der Waals surface area (Å²) in [5.41, 5.74) is 3.63. The minimum atomic E-state index is -0.831. The van der Waals surface area contributed by atoms with Gasteiger partial charge in [0.25, 0.3) is 5.91 Å². The molecule has 0 atom stereocenters. The van der Waals surface area contributed by atoms with Gasteiger partial charge in [-0.05, 0) is 68.5 Å². The summed E-state index contributed by atoms with van der Waals surface area (Å²) in [4.78, 5) is 24.1. The first-order valence-corrected chi connectivity index (χ1v) is 9.87. The molecular formula is C23H24FN3O3. The van der Waals surface area contributed by atoms with Gasteiger partial charge >= 0.3 is 5.97 Å².